The number of nitrogens with one attached hydrogen (secondary N) is 1. The van der Waals surface area contributed by atoms with E-state index in [4.69, 9.17) is 15.7 Å². The molecule has 2 heterocycles. The summed E-state index contributed by atoms with van der Waals surface area (Å²) in [5, 5.41) is 3.90. The number of rotatable bonds is 4. The molecule has 0 unspecified atom stereocenters. The second-order valence-electron chi connectivity index (χ2n) is 7.27. The standard InChI is InChI=1S/C22H23N5S/c1-12(2)15-8-10-16(11-9-15)24-20-18-21(28-22(23)25-18)27-19(26-20)17-13(3)6-5-7-14(17)4/h5-12H,1-4H3,(H2,23,25)(H,24,26,27). The molecule has 0 spiro atoms. The molecule has 6 heteroatoms. The van der Waals surface area contributed by atoms with Crippen molar-refractivity contribution in [3.05, 3.63) is 59.2 Å². The molecule has 0 atom stereocenters. The first-order valence-electron chi connectivity index (χ1n) is 9.30. The van der Waals surface area contributed by atoms with Gasteiger partial charge >= 0.3 is 0 Å². The monoisotopic (exact) mass is 389 g/mol. The van der Waals surface area contributed by atoms with E-state index in [1.54, 1.807) is 0 Å². The highest BCUT2D eigenvalue weighted by Gasteiger charge is 2.16. The summed E-state index contributed by atoms with van der Waals surface area (Å²) in [5.41, 5.74) is 12.3. The number of hydrogen-bond donors (Lipinski definition) is 2. The minimum absolute atomic E-state index is 0.487. The van der Waals surface area contributed by atoms with Gasteiger partial charge in [-0.1, -0.05) is 55.5 Å². The van der Waals surface area contributed by atoms with Crippen molar-refractivity contribution in [1.82, 2.24) is 15.0 Å². The van der Waals surface area contributed by atoms with Gasteiger partial charge in [0.25, 0.3) is 0 Å². The van der Waals surface area contributed by atoms with E-state index in [1.165, 1.54) is 16.9 Å². The van der Waals surface area contributed by atoms with Crippen LogP contribution in [0.1, 0.15) is 36.5 Å². The molecule has 0 aliphatic carbocycles. The Labute approximate surface area is 168 Å². The summed E-state index contributed by atoms with van der Waals surface area (Å²) in [7, 11) is 0. The number of hydrogen-bond acceptors (Lipinski definition) is 6. The van der Waals surface area contributed by atoms with Gasteiger partial charge in [-0.15, -0.1) is 0 Å². The van der Waals surface area contributed by atoms with E-state index in [1.807, 2.05) is 6.07 Å². The molecule has 0 fully saturated rings. The Morgan fingerprint density at radius 2 is 1.61 bits per heavy atom. The van der Waals surface area contributed by atoms with Crippen molar-refractivity contribution in [2.24, 2.45) is 0 Å². The highest BCUT2D eigenvalue weighted by atomic mass is 32.1. The second kappa shape index (κ2) is 7.20. The maximum Gasteiger partial charge on any atom is 0.182 e. The summed E-state index contributed by atoms with van der Waals surface area (Å²) >= 11 is 1.38. The Morgan fingerprint density at radius 3 is 2.25 bits per heavy atom. The average Bonchev–Trinajstić information content (AvgIpc) is 3.02. The maximum atomic E-state index is 5.97. The topological polar surface area (TPSA) is 76.7 Å². The Balaban J connectivity index is 1.83. The van der Waals surface area contributed by atoms with Crippen LogP contribution in [0.2, 0.25) is 0 Å². The van der Waals surface area contributed by atoms with Gasteiger partial charge in [0.1, 0.15) is 5.52 Å². The van der Waals surface area contributed by atoms with Crippen molar-refractivity contribution in [2.75, 3.05) is 11.1 Å². The van der Waals surface area contributed by atoms with Crippen LogP contribution in [0.5, 0.6) is 0 Å². The smallest absolute Gasteiger partial charge is 0.182 e. The Morgan fingerprint density at radius 1 is 0.929 bits per heavy atom. The highest BCUT2D eigenvalue weighted by molar-refractivity contribution is 7.21. The first kappa shape index (κ1) is 18.4. The number of nitrogen functional groups attached to an aromatic ring is 1. The summed E-state index contributed by atoms with van der Waals surface area (Å²) in [5.74, 6) is 1.86. The highest BCUT2D eigenvalue weighted by Crippen LogP contribution is 2.33. The molecular formula is C22H23N5S. The fourth-order valence-electron chi connectivity index (χ4n) is 3.29. The summed E-state index contributed by atoms with van der Waals surface area (Å²) in [6.45, 7) is 8.53. The summed E-state index contributed by atoms with van der Waals surface area (Å²) in [4.78, 5) is 14.8. The van der Waals surface area contributed by atoms with Crippen LogP contribution in [-0.4, -0.2) is 15.0 Å². The largest absolute Gasteiger partial charge is 0.375 e. The molecule has 4 rings (SSSR count). The molecule has 0 aliphatic heterocycles. The van der Waals surface area contributed by atoms with E-state index in [0.29, 0.717) is 28.2 Å². The van der Waals surface area contributed by atoms with Crippen LogP contribution in [0.4, 0.5) is 16.6 Å². The van der Waals surface area contributed by atoms with Crippen LogP contribution >= 0.6 is 11.3 Å². The number of anilines is 3. The van der Waals surface area contributed by atoms with E-state index >= 15 is 0 Å². The Hall–Kier alpha value is -2.99. The van der Waals surface area contributed by atoms with Gasteiger partial charge in [-0.2, -0.15) is 0 Å². The van der Waals surface area contributed by atoms with Gasteiger partial charge in [-0.3, -0.25) is 0 Å². The zero-order valence-electron chi connectivity index (χ0n) is 16.4. The van der Waals surface area contributed by atoms with E-state index in [2.05, 4.69) is 74.4 Å². The molecule has 2 aromatic heterocycles. The normalized spacial score (nSPS) is 11.3. The Bertz CT molecular complexity index is 1130. The fraction of sp³-hybridized carbons (Fsp3) is 0.227. The molecule has 5 nitrogen and oxygen atoms in total. The van der Waals surface area contributed by atoms with Gasteiger partial charge in [0, 0.05) is 11.3 Å². The predicted octanol–water partition coefficient (Wildman–Crippen LogP) is 5.82. The van der Waals surface area contributed by atoms with Gasteiger partial charge in [0.2, 0.25) is 0 Å². The zero-order chi connectivity index (χ0) is 19.8. The minimum Gasteiger partial charge on any atom is -0.375 e. The molecule has 0 bridgehead atoms. The molecule has 4 aromatic rings. The van der Waals surface area contributed by atoms with Crippen molar-refractivity contribution >= 4 is 38.3 Å². The first-order chi connectivity index (χ1) is 13.4. The third-order valence-corrected chi connectivity index (χ3v) is 5.60. The third-order valence-electron chi connectivity index (χ3n) is 4.82. The molecule has 0 saturated heterocycles. The van der Waals surface area contributed by atoms with Crippen molar-refractivity contribution in [3.63, 3.8) is 0 Å². The van der Waals surface area contributed by atoms with Gasteiger partial charge in [-0.05, 0) is 48.6 Å². The number of aromatic nitrogens is 3. The number of thiazole rings is 1. The molecular weight excluding hydrogens is 366 g/mol. The number of aryl methyl sites for hydroxylation is 2. The molecule has 0 amide bonds. The number of fused-ring (bicyclic) bond motifs is 1. The molecule has 142 valence electrons. The SMILES string of the molecule is Cc1cccc(C)c1-c1nc(Nc2ccc(C(C)C)cc2)c2nc(N)sc2n1. The van der Waals surface area contributed by atoms with Crippen molar-refractivity contribution < 1.29 is 0 Å². The van der Waals surface area contributed by atoms with E-state index in [-0.39, 0.29) is 0 Å². The minimum atomic E-state index is 0.487. The predicted molar refractivity (Wildman–Crippen MR) is 118 cm³/mol. The van der Waals surface area contributed by atoms with Gasteiger partial charge in [-0.25, -0.2) is 15.0 Å². The molecule has 0 radical (unpaired) electrons. The van der Waals surface area contributed by atoms with Crippen LogP contribution in [0, 0.1) is 13.8 Å². The summed E-state index contributed by atoms with van der Waals surface area (Å²) < 4.78 is 0. The van der Waals surface area contributed by atoms with Crippen LogP contribution in [0.3, 0.4) is 0 Å². The van der Waals surface area contributed by atoms with Gasteiger partial charge in [0.15, 0.2) is 21.6 Å². The molecule has 2 aromatic carbocycles. The lowest BCUT2D eigenvalue weighted by atomic mass is 10.0. The lowest BCUT2D eigenvalue weighted by Crippen LogP contribution is -2.01. The number of benzene rings is 2. The van der Waals surface area contributed by atoms with E-state index < -0.39 is 0 Å². The average molecular weight is 390 g/mol. The number of nitrogens with two attached hydrogens (primary N) is 1. The lowest BCUT2D eigenvalue weighted by Gasteiger charge is -2.12. The van der Waals surface area contributed by atoms with E-state index in [0.717, 1.165) is 27.2 Å². The molecule has 3 N–H and O–H groups in total. The zero-order valence-corrected chi connectivity index (χ0v) is 17.3. The summed E-state index contributed by atoms with van der Waals surface area (Å²) in [6.07, 6.45) is 0. The van der Waals surface area contributed by atoms with Crippen LogP contribution in [0.25, 0.3) is 21.7 Å². The van der Waals surface area contributed by atoms with Crippen LogP contribution in [0.15, 0.2) is 42.5 Å². The van der Waals surface area contributed by atoms with Crippen LogP contribution < -0.4 is 11.1 Å². The molecule has 28 heavy (non-hydrogen) atoms. The first-order valence-corrected chi connectivity index (χ1v) is 10.1. The van der Waals surface area contributed by atoms with Crippen LogP contribution in [-0.2, 0) is 0 Å². The number of nitrogens with zero attached hydrogens (tertiary/aromatic N) is 3. The summed E-state index contributed by atoms with van der Waals surface area (Å²) in [6, 6.07) is 14.6. The molecule has 0 aliphatic rings. The second-order valence-corrected chi connectivity index (χ2v) is 8.28. The fourth-order valence-corrected chi connectivity index (χ4v) is 4.00. The van der Waals surface area contributed by atoms with Crippen molar-refractivity contribution in [3.8, 4) is 11.4 Å². The quantitative estimate of drug-likeness (QED) is 0.460. The third kappa shape index (κ3) is 3.43. The molecule has 0 saturated carbocycles. The van der Waals surface area contributed by atoms with Gasteiger partial charge < -0.3 is 11.1 Å². The van der Waals surface area contributed by atoms with Crippen molar-refractivity contribution in [2.45, 2.75) is 33.6 Å². The Kier molecular flexibility index (Phi) is 4.73. The van der Waals surface area contributed by atoms with Gasteiger partial charge in [0.05, 0.1) is 0 Å². The van der Waals surface area contributed by atoms with Crippen molar-refractivity contribution in [1.29, 1.82) is 0 Å². The van der Waals surface area contributed by atoms with E-state index in [9.17, 15) is 0 Å². The lowest BCUT2D eigenvalue weighted by molar-refractivity contribution is 0.867. The maximum absolute atomic E-state index is 5.97.